The van der Waals surface area contributed by atoms with Crippen LogP contribution >= 0.6 is 11.3 Å². The number of benzene rings is 2. The van der Waals surface area contributed by atoms with Crippen molar-refractivity contribution in [3.8, 4) is 5.75 Å². The summed E-state index contributed by atoms with van der Waals surface area (Å²) >= 11 is 1.30. The summed E-state index contributed by atoms with van der Waals surface area (Å²) in [5.74, 6) is -0.412. The first kappa shape index (κ1) is 23.0. The highest BCUT2D eigenvalue weighted by atomic mass is 32.1. The molecule has 0 saturated carbocycles. The molecule has 0 aliphatic carbocycles. The third-order valence-electron chi connectivity index (χ3n) is 4.52. The Morgan fingerprint density at radius 2 is 1.72 bits per heavy atom. The molecule has 0 radical (unpaired) electrons. The third kappa shape index (κ3) is 6.95. The molecule has 166 valence electrons. The Morgan fingerprint density at radius 1 is 0.969 bits per heavy atom. The number of thiophene rings is 1. The van der Waals surface area contributed by atoms with Crippen molar-refractivity contribution in [1.29, 1.82) is 0 Å². The van der Waals surface area contributed by atoms with Crippen molar-refractivity contribution in [2.45, 2.75) is 19.4 Å². The predicted octanol–water partition coefficient (Wildman–Crippen LogP) is 3.24. The number of carbonyl (C=O) groups excluding carboxylic acids is 3. The third-order valence-corrected chi connectivity index (χ3v) is 5.39. The van der Waals surface area contributed by atoms with Gasteiger partial charge in [-0.3, -0.25) is 14.4 Å². The lowest BCUT2D eigenvalue weighted by Gasteiger charge is -2.18. The summed E-state index contributed by atoms with van der Waals surface area (Å²) in [7, 11) is 0. The first-order valence-electron chi connectivity index (χ1n) is 10.2. The van der Waals surface area contributed by atoms with Crippen LogP contribution in [0.2, 0.25) is 0 Å². The van der Waals surface area contributed by atoms with Gasteiger partial charge in [-0.2, -0.15) is 0 Å². The molecule has 0 spiro atoms. The standard InChI is InChI=1S/C24H25N3O4S/c1-2-31-19-12-10-18(11-13-19)26-22(28)16-25-23(29)20(15-17-7-4-3-5-8-17)27-24(30)21-9-6-14-32-21/h3-14,20H,2,15-16H2,1H3,(H,25,29)(H,26,28)(H,27,30). The van der Waals surface area contributed by atoms with Gasteiger partial charge in [0.2, 0.25) is 11.8 Å². The normalized spacial score (nSPS) is 11.3. The Bertz CT molecular complexity index is 1020. The van der Waals surface area contributed by atoms with Crippen LogP contribution in [-0.4, -0.2) is 36.9 Å². The van der Waals surface area contributed by atoms with E-state index >= 15 is 0 Å². The molecule has 1 atom stereocenters. The van der Waals surface area contributed by atoms with Gasteiger partial charge in [-0.05, 0) is 48.2 Å². The molecule has 0 fully saturated rings. The van der Waals surface area contributed by atoms with E-state index in [-0.39, 0.29) is 18.4 Å². The van der Waals surface area contributed by atoms with Gasteiger partial charge in [-0.15, -0.1) is 11.3 Å². The summed E-state index contributed by atoms with van der Waals surface area (Å²) in [5, 5.41) is 9.91. The van der Waals surface area contributed by atoms with Crippen molar-refractivity contribution in [2.24, 2.45) is 0 Å². The summed E-state index contributed by atoms with van der Waals surface area (Å²) in [5.41, 5.74) is 1.50. The fourth-order valence-electron chi connectivity index (χ4n) is 2.99. The van der Waals surface area contributed by atoms with Crippen molar-refractivity contribution >= 4 is 34.7 Å². The van der Waals surface area contributed by atoms with E-state index in [0.717, 1.165) is 5.56 Å². The molecule has 0 saturated heterocycles. The van der Waals surface area contributed by atoms with E-state index in [1.165, 1.54) is 11.3 Å². The van der Waals surface area contributed by atoms with Gasteiger partial charge >= 0.3 is 0 Å². The highest BCUT2D eigenvalue weighted by Crippen LogP contribution is 2.15. The zero-order chi connectivity index (χ0) is 22.8. The van der Waals surface area contributed by atoms with Gasteiger partial charge < -0.3 is 20.7 Å². The Kier molecular flexibility index (Phi) is 8.39. The Labute approximate surface area is 190 Å². The SMILES string of the molecule is CCOc1ccc(NC(=O)CNC(=O)C(Cc2ccccc2)NC(=O)c2cccs2)cc1. The van der Waals surface area contributed by atoms with Crippen LogP contribution < -0.4 is 20.7 Å². The topological polar surface area (TPSA) is 96.5 Å². The molecule has 2 aromatic carbocycles. The van der Waals surface area contributed by atoms with Crippen molar-refractivity contribution in [1.82, 2.24) is 10.6 Å². The van der Waals surface area contributed by atoms with Gasteiger partial charge in [0.1, 0.15) is 11.8 Å². The molecule has 0 aliphatic heterocycles. The number of carbonyl (C=O) groups is 3. The molecule has 3 rings (SSSR count). The van der Waals surface area contributed by atoms with Crippen molar-refractivity contribution in [3.63, 3.8) is 0 Å². The van der Waals surface area contributed by atoms with Crippen LogP contribution in [0.1, 0.15) is 22.2 Å². The fourth-order valence-corrected chi connectivity index (χ4v) is 3.62. The van der Waals surface area contributed by atoms with Crippen LogP contribution in [0.4, 0.5) is 5.69 Å². The van der Waals surface area contributed by atoms with Gasteiger partial charge in [-0.1, -0.05) is 36.4 Å². The summed E-state index contributed by atoms with van der Waals surface area (Å²) in [6.45, 7) is 2.24. The lowest BCUT2D eigenvalue weighted by Crippen LogP contribution is -2.49. The molecule has 1 unspecified atom stereocenters. The second kappa shape index (κ2) is 11.7. The smallest absolute Gasteiger partial charge is 0.262 e. The van der Waals surface area contributed by atoms with Crippen molar-refractivity contribution in [3.05, 3.63) is 82.6 Å². The summed E-state index contributed by atoms with van der Waals surface area (Å²) in [4.78, 5) is 38.1. The van der Waals surface area contributed by atoms with Crippen molar-refractivity contribution < 1.29 is 19.1 Å². The number of hydrogen-bond donors (Lipinski definition) is 3. The minimum Gasteiger partial charge on any atom is -0.494 e. The Balaban J connectivity index is 1.58. The lowest BCUT2D eigenvalue weighted by atomic mass is 10.1. The predicted molar refractivity (Wildman–Crippen MR) is 125 cm³/mol. The summed E-state index contributed by atoms with van der Waals surface area (Å²) in [6.07, 6.45) is 0.310. The first-order valence-corrected chi connectivity index (χ1v) is 11.1. The number of amides is 3. The second-order valence-corrected chi connectivity index (χ2v) is 7.86. The molecule has 0 bridgehead atoms. The molecule has 0 aliphatic rings. The maximum Gasteiger partial charge on any atom is 0.262 e. The molecule has 1 aromatic heterocycles. The number of rotatable bonds is 10. The molecule has 3 amide bonds. The van der Waals surface area contributed by atoms with Crippen molar-refractivity contribution in [2.75, 3.05) is 18.5 Å². The molecule has 3 N–H and O–H groups in total. The fraction of sp³-hybridized carbons (Fsp3) is 0.208. The minimum atomic E-state index is -0.815. The average molecular weight is 452 g/mol. The van der Waals surface area contributed by atoms with Gasteiger partial charge in [-0.25, -0.2) is 0 Å². The maximum atomic E-state index is 12.8. The quantitative estimate of drug-likeness (QED) is 0.441. The van der Waals surface area contributed by atoms with Gasteiger partial charge in [0, 0.05) is 12.1 Å². The zero-order valence-electron chi connectivity index (χ0n) is 17.7. The average Bonchev–Trinajstić information content (AvgIpc) is 3.34. The molecular weight excluding hydrogens is 426 g/mol. The molecule has 8 heteroatoms. The number of hydrogen-bond acceptors (Lipinski definition) is 5. The number of ether oxygens (including phenoxy) is 1. The largest absolute Gasteiger partial charge is 0.494 e. The van der Waals surface area contributed by atoms with E-state index in [0.29, 0.717) is 29.3 Å². The summed E-state index contributed by atoms with van der Waals surface area (Å²) < 4.78 is 5.37. The highest BCUT2D eigenvalue weighted by molar-refractivity contribution is 7.12. The second-order valence-electron chi connectivity index (χ2n) is 6.92. The van der Waals surface area contributed by atoms with Gasteiger partial charge in [0.15, 0.2) is 0 Å². The molecule has 7 nitrogen and oxygen atoms in total. The van der Waals surface area contributed by atoms with E-state index in [1.807, 2.05) is 37.3 Å². The van der Waals surface area contributed by atoms with Crippen LogP contribution in [0.25, 0.3) is 0 Å². The van der Waals surface area contributed by atoms with Crippen LogP contribution in [0.15, 0.2) is 72.1 Å². The lowest BCUT2D eigenvalue weighted by molar-refractivity contribution is -0.125. The van der Waals surface area contributed by atoms with Crippen LogP contribution in [-0.2, 0) is 16.0 Å². The molecule has 1 heterocycles. The number of anilines is 1. The molecule has 32 heavy (non-hydrogen) atoms. The van der Waals surface area contributed by atoms with Gasteiger partial charge in [0.25, 0.3) is 5.91 Å². The van der Waals surface area contributed by atoms with E-state index in [9.17, 15) is 14.4 Å². The van der Waals surface area contributed by atoms with Crippen LogP contribution in [0.5, 0.6) is 5.75 Å². The van der Waals surface area contributed by atoms with E-state index < -0.39 is 11.9 Å². The Hall–Kier alpha value is -3.65. The summed E-state index contributed by atoms with van der Waals surface area (Å²) in [6, 6.07) is 19.0. The van der Waals surface area contributed by atoms with E-state index in [4.69, 9.17) is 4.74 Å². The van der Waals surface area contributed by atoms with Crippen LogP contribution in [0, 0.1) is 0 Å². The first-order chi connectivity index (χ1) is 15.5. The maximum absolute atomic E-state index is 12.8. The van der Waals surface area contributed by atoms with Gasteiger partial charge in [0.05, 0.1) is 18.0 Å². The Morgan fingerprint density at radius 3 is 2.38 bits per heavy atom. The monoisotopic (exact) mass is 451 g/mol. The zero-order valence-corrected chi connectivity index (χ0v) is 18.5. The van der Waals surface area contributed by atoms with Crippen LogP contribution in [0.3, 0.4) is 0 Å². The van der Waals surface area contributed by atoms with E-state index in [1.54, 1.807) is 41.8 Å². The molecule has 3 aromatic rings. The number of nitrogens with one attached hydrogen (secondary N) is 3. The molecular formula is C24H25N3O4S. The minimum absolute atomic E-state index is 0.216. The van der Waals surface area contributed by atoms with E-state index in [2.05, 4.69) is 16.0 Å². The highest BCUT2D eigenvalue weighted by Gasteiger charge is 2.22.